The van der Waals surface area contributed by atoms with Crippen LogP contribution in [0.3, 0.4) is 0 Å². The molecule has 2 fully saturated rings. The van der Waals surface area contributed by atoms with Crippen LogP contribution in [0, 0.1) is 11.8 Å². The SMILES string of the molecule is O=C(O)C1OC2CNCC2C1C(=O)O. The third kappa shape index (κ3) is 1.27. The molecule has 2 rings (SSSR count). The lowest BCUT2D eigenvalue weighted by molar-refractivity contribution is -0.158. The fraction of sp³-hybridized carbons (Fsp3) is 0.750. The number of carboxylic acid groups (broad SMARTS) is 2. The molecule has 0 radical (unpaired) electrons. The molecular formula is C8H11NO5. The summed E-state index contributed by atoms with van der Waals surface area (Å²) >= 11 is 0. The van der Waals surface area contributed by atoms with Crippen LogP contribution in [-0.2, 0) is 14.3 Å². The molecule has 0 aromatic rings. The van der Waals surface area contributed by atoms with Crippen molar-refractivity contribution in [2.75, 3.05) is 13.1 Å². The van der Waals surface area contributed by atoms with E-state index in [0.29, 0.717) is 13.1 Å². The largest absolute Gasteiger partial charge is 0.481 e. The monoisotopic (exact) mass is 201 g/mol. The molecule has 4 unspecified atom stereocenters. The van der Waals surface area contributed by atoms with Crippen molar-refractivity contribution in [2.45, 2.75) is 12.2 Å². The second kappa shape index (κ2) is 3.21. The fourth-order valence-electron chi connectivity index (χ4n) is 2.20. The van der Waals surface area contributed by atoms with Crippen LogP contribution in [-0.4, -0.2) is 47.4 Å². The second-order valence-electron chi connectivity index (χ2n) is 3.62. The Balaban J connectivity index is 2.21. The molecule has 0 saturated carbocycles. The topological polar surface area (TPSA) is 95.9 Å². The van der Waals surface area contributed by atoms with Gasteiger partial charge in [-0.3, -0.25) is 4.79 Å². The minimum Gasteiger partial charge on any atom is -0.481 e. The minimum absolute atomic E-state index is 0.214. The third-order valence-electron chi connectivity index (χ3n) is 2.84. The van der Waals surface area contributed by atoms with Gasteiger partial charge in [0.25, 0.3) is 0 Å². The average Bonchev–Trinajstić information content (AvgIpc) is 2.58. The number of carbonyl (C=O) groups is 2. The Bertz CT molecular complexity index is 279. The van der Waals surface area contributed by atoms with Gasteiger partial charge in [0.2, 0.25) is 0 Å². The van der Waals surface area contributed by atoms with Crippen molar-refractivity contribution >= 4 is 11.9 Å². The molecule has 6 nitrogen and oxygen atoms in total. The number of nitrogens with one attached hydrogen (secondary N) is 1. The Morgan fingerprint density at radius 1 is 1.21 bits per heavy atom. The lowest BCUT2D eigenvalue weighted by atomic mass is 9.89. The summed E-state index contributed by atoms with van der Waals surface area (Å²) in [7, 11) is 0. The summed E-state index contributed by atoms with van der Waals surface area (Å²) in [5.41, 5.74) is 0. The molecule has 0 aliphatic carbocycles. The molecule has 0 aromatic carbocycles. The molecule has 4 atom stereocenters. The predicted octanol–water partition coefficient (Wildman–Crippen LogP) is -1.24. The van der Waals surface area contributed by atoms with E-state index in [1.807, 2.05) is 0 Å². The number of rotatable bonds is 2. The quantitative estimate of drug-likeness (QED) is 0.517. The van der Waals surface area contributed by atoms with E-state index in [9.17, 15) is 9.59 Å². The third-order valence-corrected chi connectivity index (χ3v) is 2.84. The first-order valence-electron chi connectivity index (χ1n) is 4.43. The van der Waals surface area contributed by atoms with Crippen LogP contribution in [0.25, 0.3) is 0 Å². The van der Waals surface area contributed by atoms with E-state index in [1.54, 1.807) is 0 Å². The number of hydrogen-bond donors (Lipinski definition) is 3. The lowest BCUT2D eigenvalue weighted by Gasteiger charge is -2.13. The first-order valence-corrected chi connectivity index (χ1v) is 4.43. The highest BCUT2D eigenvalue weighted by Gasteiger charge is 2.53. The summed E-state index contributed by atoms with van der Waals surface area (Å²) < 4.78 is 5.18. The molecule has 78 valence electrons. The first-order chi connectivity index (χ1) is 6.61. The zero-order valence-corrected chi connectivity index (χ0v) is 7.34. The molecule has 0 spiro atoms. The maximum Gasteiger partial charge on any atom is 0.333 e. The van der Waals surface area contributed by atoms with Crippen molar-refractivity contribution < 1.29 is 24.5 Å². The smallest absolute Gasteiger partial charge is 0.333 e. The Hall–Kier alpha value is -1.14. The van der Waals surface area contributed by atoms with Crippen LogP contribution >= 0.6 is 0 Å². The highest BCUT2D eigenvalue weighted by molar-refractivity contribution is 5.83. The van der Waals surface area contributed by atoms with Crippen LogP contribution in [0.4, 0.5) is 0 Å². The zero-order valence-electron chi connectivity index (χ0n) is 7.34. The summed E-state index contributed by atoms with van der Waals surface area (Å²) in [5, 5.41) is 20.7. The molecule has 2 heterocycles. The van der Waals surface area contributed by atoms with Crippen molar-refractivity contribution in [1.29, 1.82) is 0 Å². The number of hydrogen-bond acceptors (Lipinski definition) is 4. The number of ether oxygens (including phenoxy) is 1. The summed E-state index contributed by atoms with van der Waals surface area (Å²) in [6.07, 6.45) is -1.46. The van der Waals surface area contributed by atoms with Gasteiger partial charge in [-0.05, 0) is 0 Å². The normalized spacial score (nSPS) is 40.9. The van der Waals surface area contributed by atoms with E-state index < -0.39 is 24.0 Å². The number of aliphatic carboxylic acids is 2. The van der Waals surface area contributed by atoms with Gasteiger partial charge in [0.1, 0.15) is 5.92 Å². The van der Waals surface area contributed by atoms with Crippen molar-refractivity contribution in [2.24, 2.45) is 11.8 Å². The van der Waals surface area contributed by atoms with Gasteiger partial charge in [0.15, 0.2) is 6.10 Å². The predicted molar refractivity (Wildman–Crippen MR) is 43.8 cm³/mol. The molecule has 2 aliphatic rings. The van der Waals surface area contributed by atoms with Gasteiger partial charge in [0.05, 0.1) is 6.10 Å². The van der Waals surface area contributed by atoms with Crippen LogP contribution in [0.15, 0.2) is 0 Å². The molecular weight excluding hydrogens is 190 g/mol. The van der Waals surface area contributed by atoms with Gasteiger partial charge in [-0.15, -0.1) is 0 Å². The summed E-state index contributed by atoms with van der Waals surface area (Å²) in [5.74, 6) is -3.42. The van der Waals surface area contributed by atoms with Crippen LogP contribution in [0.1, 0.15) is 0 Å². The highest BCUT2D eigenvalue weighted by atomic mass is 16.5. The molecule has 6 heteroatoms. The molecule has 3 N–H and O–H groups in total. The number of carboxylic acids is 2. The molecule has 2 saturated heterocycles. The van der Waals surface area contributed by atoms with Crippen molar-refractivity contribution in [3.63, 3.8) is 0 Å². The summed E-state index contributed by atoms with van der Waals surface area (Å²) in [6.45, 7) is 1.06. The van der Waals surface area contributed by atoms with Gasteiger partial charge < -0.3 is 20.3 Å². The molecule has 0 amide bonds. The van der Waals surface area contributed by atoms with Crippen molar-refractivity contribution in [3.8, 4) is 0 Å². The first kappa shape index (κ1) is 9.42. The molecule has 0 bridgehead atoms. The fourth-order valence-corrected chi connectivity index (χ4v) is 2.20. The average molecular weight is 201 g/mol. The number of fused-ring (bicyclic) bond motifs is 1. The Morgan fingerprint density at radius 3 is 2.50 bits per heavy atom. The Kier molecular flexibility index (Phi) is 2.16. The Morgan fingerprint density at radius 2 is 1.93 bits per heavy atom. The van der Waals surface area contributed by atoms with Gasteiger partial charge >= 0.3 is 11.9 Å². The minimum atomic E-state index is -1.19. The summed E-state index contributed by atoms with van der Waals surface area (Å²) in [6, 6.07) is 0. The van der Waals surface area contributed by atoms with Crippen molar-refractivity contribution in [3.05, 3.63) is 0 Å². The zero-order chi connectivity index (χ0) is 10.3. The van der Waals surface area contributed by atoms with E-state index >= 15 is 0 Å². The summed E-state index contributed by atoms with van der Waals surface area (Å²) in [4.78, 5) is 21.6. The molecule has 0 aromatic heterocycles. The van der Waals surface area contributed by atoms with Gasteiger partial charge in [0, 0.05) is 19.0 Å². The van der Waals surface area contributed by atoms with E-state index in [1.165, 1.54) is 0 Å². The van der Waals surface area contributed by atoms with E-state index in [-0.39, 0.29) is 12.0 Å². The Labute approximate surface area is 79.9 Å². The van der Waals surface area contributed by atoms with Crippen molar-refractivity contribution in [1.82, 2.24) is 5.32 Å². The van der Waals surface area contributed by atoms with E-state index in [0.717, 1.165) is 0 Å². The highest BCUT2D eigenvalue weighted by Crippen LogP contribution is 2.35. The van der Waals surface area contributed by atoms with E-state index in [4.69, 9.17) is 14.9 Å². The van der Waals surface area contributed by atoms with Crippen LogP contribution in [0.5, 0.6) is 0 Å². The van der Waals surface area contributed by atoms with E-state index in [2.05, 4.69) is 5.32 Å². The van der Waals surface area contributed by atoms with Gasteiger partial charge in [-0.1, -0.05) is 0 Å². The lowest BCUT2D eigenvalue weighted by Crippen LogP contribution is -2.36. The maximum absolute atomic E-state index is 10.9. The second-order valence-corrected chi connectivity index (χ2v) is 3.62. The molecule has 2 aliphatic heterocycles. The van der Waals surface area contributed by atoms with Gasteiger partial charge in [-0.2, -0.15) is 0 Å². The van der Waals surface area contributed by atoms with Gasteiger partial charge in [-0.25, -0.2) is 4.79 Å². The van der Waals surface area contributed by atoms with Crippen LogP contribution < -0.4 is 5.32 Å². The maximum atomic E-state index is 10.9. The van der Waals surface area contributed by atoms with Crippen LogP contribution in [0.2, 0.25) is 0 Å². The molecule has 14 heavy (non-hydrogen) atoms. The standard InChI is InChI=1S/C8H11NO5/c10-7(11)5-3-1-9-2-4(3)14-6(5)8(12)13/h3-6,9H,1-2H2,(H,10,11)(H,12,13).